The van der Waals surface area contributed by atoms with Gasteiger partial charge in [0.05, 0.1) is 4.92 Å². The SMILES string of the molecule is Cc1cccc(Nc2ncnc(Oc3ccc(Br)c4cccnc34)c2[N+](=O)[O-])n1. The zero-order valence-corrected chi connectivity index (χ0v) is 16.6. The number of nitrogens with one attached hydrogen (secondary N) is 1. The van der Waals surface area contributed by atoms with Crippen molar-refractivity contribution in [2.75, 3.05) is 5.32 Å². The minimum absolute atomic E-state index is 0.0209. The van der Waals surface area contributed by atoms with Gasteiger partial charge in [0.2, 0.25) is 5.82 Å². The summed E-state index contributed by atoms with van der Waals surface area (Å²) in [6.45, 7) is 1.82. The van der Waals surface area contributed by atoms with Gasteiger partial charge < -0.3 is 10.1 Å². The summed E-state index contributed by atoms with van der Waals surface area (Å²) in [6.07, 6.45) is 2.81. The maximum Gasteiger partial charge on any atom is 0.373 e. The van der Waals surface area contributed by atoms with E-state index in [9.17, 15) is 10.1 Å². The van der Waals surface area contributed by atoms with Crippen LogP contribution in [0.4, 0.5) is 17.3 Å². The Morgan fingerprint density at radius 2 is 1.97 bits per heavy atom. The van der Waals surface area contributed by atoms with Crippen LogP contribution in [-0.4, -0.2) is 24.9 Å². The fourth-order valence-electron chi connectivity index (χ4n) is 2.73. The standard InChI is InChI=1S/C19H13BrN6O3/c1-11-4-2-6-15(24-11)25-18-17(26(27)28)19(23-10-22-18)29-14-8-7-13(20)12-5-3-9-21-16(12)14/h2-10H,1H3,(H,22,23,24,25). The van der Waals surface area contributed by atoms with Crippen molar-refractivity contribution >= 4 is 44.2 Å². The second kappa shape index (κ2) is 7.76. The largest absolute Gasteiger partial charge is 0.431 e. The van der Waals surface area contributed by atoms with Gasteiger partial charge in [0.25, 0.3) is 0 Å². The normalized spacial score (nSPS) is 10.7. The van der Waals surface area contributed by atoms with E-state index in [0.717, 1.165) is 15.6 Å². The van der Waals surface area contributed by atoms with E-state index in [1.54, 1.807) is 36.5 Å². The highest BCUT2D eigenvalue weighted by Gasteiger charge is 2.26. The van der Waals surface area contributed by atoms with Crippen LogP contribution in [0.15, 0.2) is 59.5 Å². The Labute approximate surface area is 173 Å². The Morgan fingerprint density at radius 1 is 1.10 bits per heavy atom. The van der Waals surface area contributed by atoms with Gasteiger partial charge in [0.15, 0.2) is 5.75 Å². The zero-order valence-electron chi connectivity index (χ0n) is 15.0. The first kappa shape index (κ1) is 18.7. The van der Waals surface area contributed by atoms with Gasteiger partial charge in [-0.3, -0.25) is 15.1 Å². The molecule has 0 spiro atoms. The van der Waals surface area contributed by atoms with E-state index in [-0.39, 0.29) is 11.7 Å². The number of hydrogen-bond donors (Lipinski definition) is 1. The molecule has 9 nitrogen and oxygen atoms in total. The molecule has 3 aromatic heterocycles. The number of hydrogen-bond acceptors (Lipinski definition) is 8. The van der Waals surface area contributed by atoms with Crippen LogP contribution in [0.1, 0.15) is 5.69 Å². The molecule has 0 saturated carbocycles. The molecule has 0 fully saturated rings. The zero-order chi connectivity index (χ0) is 20.4. The second-order valence-electron chi connectivity index (χ2n) is 5.97. The van der Waals surface area contributed by atoms with Crippen LogP contribution in [-0.2, 0) is 0 Å². The predicted molar refractivity (Wildman–Crippen MR) is 110 cm³/mol. The van der Waals surface area contributed by atoms with Crippen molar-refractivity contribution in [2.24, 2.45) is 0 Å². The Hall–Kier alpha value is -3.66. The average molecular weight is 453 g/mol. The van der Waals surface area contributed by atoms with E-state index < -0.39 is 10.6 Å². The molecule has 0 aliphatic rings. The summed E-state index contributed by atoms with van der Waals surface area (Å²) in [5.74, 6) is 0.542. The minimum Gasteiger partial charge on any atom is -0.431 e. The molecule has 10 heteroatoms. The van der Waals surface area contributed by atoms with Crippen molar-refractivity contribution in [1.82, 2.24) is 19.9 Å². The summed E-state index contributed by atoms with van der Waals surface area (Å²) in [7, 11) is 0. The molecule has 144 valence electrons. The maximum absolute atomic E-state index is 11.8. The van der Waals surface area contributed by atoms with E-state index in [4.69, 9.17) is 4.74 Å². The summed E-state index contributed by atoms with van der Waals surface area (Å²) in [6, 6.07) is 12.4. The lowest BCUT2D eigenvalue weighted by molar-refractivity contribution is -0.385. The molecule has 4 aromatic rings. The van der Waals surface area contributed by atoms with E-state index in [0.29, 0.717) is 17.1 Å². The maximum atomic E-state index is 11.8. The van der Waals surface area contributed by atoms with Gasteiger partial charge in [-0.05, 0) is 37.3 Å². The summed E-state index contributed by atoms with van der Waals surface area (Å²) < 4.78 is 6.64. The molecule has 0 bridgehead atoms. The van der Waals surface area contributed by atoms with Crippen LogP contribution < -0.4 is 10.1 Å². The van der Waals surface area contributed by atoms with Crippen LogP contribution in [0.2, 0.25) is 0 Å². The number of aromatic nitrogens is 4. The van der Waals surface area contributed by atoms with Crippen LogP contribution in [0, 0.1) is 17.0 Å². The number of anilines is 2. The number of halogens is 1. The van der Waals surface area contributed by atoms with Crippen molar-refractivity contribution in [3.8, 4) is 11.6 Å². The third-order valence-corrected chi connectivity index (χ3v) is 4.68. The fourth-order valence-corrected chi connectivity index (χ4v) is 3.18. The van der Waals surface area contributed by atoms with Gasteiger partial charge in [0, 0.05) is 21.7 Å². The smallest absolute Gasteiger partial charge is 0.373 e. The quantitative estimate of drug-likeness (QED) is 0.334. The number of pyridine rings is 2. The topological polar surface area (TPSA) is 116 Å². The third-order valence-electron chi connectivity index (χ3n) is 3.99. The molecular formula is C19H13BrN6O3. The number of rotatable bonds is 5. The molecule has 0 unspecified atom stereocenters. The first-order valence-corrected chi connectivity index (χ1v) is 9.23. The highest BCUT2D eigenvalue weighted by atomic mass is 79.9. The molecule has 1 N–H and O–H groups in total. The van der Waals surface area contributed by atoms with Crippen LogP contribution in [0.25, 0.3) is 10.9 Å². The van der Waals surface area contributed by atoms with E-state index in [1.165, 1.54) is 6.33 Å². The molecule has 0 atom stereocenters. The molecule has 1 aromatic carbocycles. The molecule has 0 saturated heterocycles. The highest BCUT2D eigenvalue weighted by Crippen LogP contribution is 2.38. The lowest BCUT2D eigenvalue weighted by Gasteiger charge is -2.11. The van der Waals surface area contributed by atoms with Crippen molar-refractivity contribution < 1.29 is 9.66 Å². The van der Waals surface area contributed by atoms with E-state index in [1.807, 2.05) is 19.1 Å². The molecular weight excluding hydrogens is 440 g/mol. The second-order valence-corrected chi connectivity index (χ2v) is 6.82. The number of nitrogens with zero attached hydrogens (tertiary/aromatic N) is 5. The number of benzene rings is 1. The summed E-state index contributed by atoms with van der Waals surface area (Å²) in [5, 5.41) is 15.4. The van der Waals surface area contributed by atoms with E-state index in [2.05, 4.69) is 41.2 Å². The van der Waals surface area contributed by atoms with Gasteiger partial charge in [-0.2, -0.15) is 4.98 Å². The number of nitro groups is 1. The fraction of sp³-hybridized carbons (Fsp3) is 0.0526. The first-order valence-electron chi connectivity index (χ1n) is 8.44. The third kappa shape index (κ3) is 3.83. The Balaban J connectivity index is 1.77. The van der Waals surface area contributed by atoms with Gasteiger partial charge in [0.1, 0.15) is 17.7 Å². The van der Waals surface area contributed by atoms with Gasteiger partial charge in [-0.25, -0.2) is 9.97 Å². The predicted octanol–water partition coefficient (Wildman–Crippen LogP) is 4.93. The Bertz CT molecular complexity index is 1230. The minimum atomic E-state index is -0.595. The summed E-state index contributed by atoms with van der Waals surface area (Å²) >= 11 is 3.46. The molecule has 0 amide bonds. The molecule has 0 radical (unpaired) electrons. The molecule has 3 heterocycles. The first-order chi connectivity index (χ1) is 14.0. The molecule has 4 rings (SSSR count). The van der Waals surface area contributed by atoms with Gasteiger partial charge in [-0.15, -0.1) is 0 Å². The summed E-state index contributed by atoms with van der Waals surface area (Å²) in [5.41, 5.74) is 0.906. The number of ether oxygens (including phenoxy) is 1. The van der Waals surface area contributed by atoms with Crippen LogP contribution >= 0.6 is 15.9 Å². The Morgan fingerprint density at radius 3 is 2.76 bits per heavy atom. The van der Waals surface area contributed by atoms with Gasteiger partial charge in [-0.1, -0.05) is 28.1 Å². The number of fused-ring (bicyclic) bond motifs is 1. The molecule has 0 aliphatic carbocycles. The van der Waals surface area contributed by atoms with Gasteiger partial charge >= 0.3 is 11.6 Å². The molecule has 29 heavy (non-hydrogen) atoms. The van der Waals surface area contributed by atoms with Crippen molar-refractivity contribution in [3.05, 3.63) is 75.3 Å². The van der Waals surface area contributed by atoms with Crippen LogP contribution in [0.5, 0.6) is 11.6 Å². The van der Waals surface area contributed by atoms with E-state index >= 15 is 0 Å². The van der Waals surface area contributed by atoms with Crippen LogP contribution in [0.3, 0.4) is 0 Å². The monoisotopic (exact) mass is 452 g/mol. The van der Waals surface area contributed by atoms with Crippen molar-refractivity contribution in [1.29, 1.82) is 0 Å². The highest BCUT2D eigenvalue weighted by molar-refractivity contribution is 9.10. The molecule has 0 aliphatic heterocycles. The van der Waals surface area contributed by atoms with Crippen molar-refractivity contribution in [3.63, 3.8) is 0 Å². The lowest BCUT2D eigenvalue weighted by atomic mass is 10.2. The average Bonchev–Trinajstić information content (AvgIpc) is 2.70. The lowest BCUT2D eigenvalue weighted by Crippen LogP contribution is -2.04. The Kier molecular flexibility index (Phi) is 5.00. The number of aryl methyl sites for hydroxylation is 1. The summed E-state index contributed by atoms with van der Waals surface area (Å²) in [4.78, 5) is 27.7. The van der Waals surface area contributed by atoms with Crippen molar-refractivity contribution in [2.45, 2.75) is 6.92 Å².